The Morgan fingerprint density at radius 3 is 2.69 bits per heavy atom. The van der Waals surface area contributed by atoms with Gasteiger partial charge < -0.3 is 10.7 Å². The molecule has 1 rings (SSSR count). The van der Waals surface area contributed by atoms with Crippen LogP contribution in [0.1, 0.15) is 17.6 Å². The molecule has 0 radical (unpaired) electrons. The maximum Gasteiger partial charge on any atom is 0.264 e. The molecule has 3 N–H and O–H groups in total. The zero-order chi connectivity index (χ0) is 10.0. The van der Waals surface area contributed by atoms with Crippen LogP contribution >= 0.6 is 11.6 Å². The van der Waals surface area contributed by atoms with Crippen LogP contribution in [0.2, 0.25) is 5.15 Å². The maximum absolute atomic E-state index is 12.3. The maximum atomic E-state index is 12.3. The third kappa shape index (κ3) is 2.05. The summed E-state index contributed by atoms with van der Waals surface area (Å²) < 4.78 is 24.6. The Bertz CT molecular complexity index is 364. The van der Waals surface area contributed by atoms with Crippen LogP contribution in [0, 0.1) is 0 Å². The molecule has 0 unspecified atom stereocenters. The molecule has 0 bridgehead atoms. The minimum atomic E-state index is -2.74. The van der Waals surface area contributed by atoms with Gasteiger partial charge in [-0.2, -0.15) is 0 Å². The minimum Gasteiger partial charge on any atom is -0.326 e. The molecule has 0 aliphatic rings. The summed E-state index contributed by atoms with van der Waals surface area (Å²) in [4.78, 5) is 13.0. The Balaban J connectivity index is 3.38. The van der Waals surface area contributed by atoms with Gasteiger partial charge in [0.25, 0.3) is 6.43 Å². The highest BCUT2D eigenvalue weighted by molar-refractivity contribution is 6.30. The van der Waals surface area contributed by atoms with Crippen LogP contribution in [0.3, 0.4) is 0 Å². The van der Waals surface area contributed by atoms with Gasteiger partial charge in [0.15, 0.2) is 0 Å². The molecule has 72 valence electrons. The van der Waals surface area contributed by atoms with Crippen LogP contribution in [0.5, 0.6) is 0 Å². The largest absolute Gasteiger partial charge is 0.326 e. The number of alkyl halides is 2. The van der Waals surface area contributed by atoms with Crippen molar-refractivity contribution in [1.82, 2.24) is 4.98 Å². The summed E-state index contributed by atoms with van der Waals surface area (Å²) in [6.07, 6.45) is -2.74. The average molecular weight is 209 g/mol. The third-order valence-corrected chi connectivity index (χ3v) is 1.89. The first-order valence-corrected chi connectivity index (χ1v) is 3.84. The Labute approximate surface area is 77.5 Å². The standard InChI is InChI=1S/C7H7ClF2N2O/c8-6-4(2-11)3(7(9)10)1-5(13)12-6/h1,7H,2,11H2,(H,12,13). The summed E-state index contributed by atoms with van der Waals surface area (Å²) in [6, 6.07) is 0.804. The molecule has 13 heavy (non-hydrogen) atoms. The number of nitrogens with two attached hydrogens (primary N) is 1. The summed E-state index contributed by atoms with van der Waals surface area (Å²) in [5, 5.41) is -0.120. The Morgan fingerprint density at radius 1 is 1.62 bits per heavy atom. The molecule has 0 fully saturated rings. The van der Waals surface area contributed by atoms with E-state index in [9.17, 15) is 13.6 Å². The summed E-state index contributed by atoms with van der Waals surface area (Å²) in [6.45, 7) is -0.130. The molecule has 0 saturated carbocycles. The van der Waals surface area contributed by atoms with E-state index in [4.69, 9.17) is 17.3 Å². The summed E-state index contributed by atoms with van der Waals surface area (Å²) in [5.41, 5.74) is 4.22. The molecule has 1 aromatic heterocycles. The van der Waals surface area contributed by atoms with Gasteiger partial charge in [0, 0.05) is 23.7 Å². The van der Waals surface area contributed by atoms with Crippen molar-refractivity contribution in [2.75, 3.05) is 0 Å². The van der Waals surface area contributed by atoms with E-state index in [-0.39, 0.29) is 17.3 Å². The molecule has 0 aliphatic carbocycles. The van der Waals surface area contributed by atoms with Crippen molar-refractivity contribution in [3.63, 3.8) is 0 Å². The van der Waals surface area contributed by atoms with Gasteiger partial charge in [-0.25, -0.2) is 8.78 Å². The first-order valence-electron chi connectivity index (χ1n) is 3.46. The van der Waals surface area contributed by atoms with Crippen LogP contribution < -0.4 is 11.3 Å². The van der Waals surface area contributed by atoms with Crippen molar-refractivity contribution in [3.8, 4) is 0 Å². The van der Waals surface area contributed by atoms with E-state index in [0.717, 1.165) is 6.07 Å². The van der Waals surface area contributed by atoms with Gasteiger partial charge in [-0.1, -0.05) is 11.6 Å². The highest BCUT2D eigenvalue weighted by atomic mass is 35.5. The van der Waals surface area contributed by atoms with E-state index in [2.05, 4.69) is 4.98 Å². The Hall–Kier alpha value is -0.940. The predicted octanol–water partition coefficient (Wildman–Crippen LogP) is 1.42. The van der Waals surface area contributed by atoms with E-state index in [1.54, 1.807) is 0 Å². The number of aromatic nitrogens is 1. The fraction of sp³-hybridized carbons (Fsp3) is 0.286. The Morgan fingerprint density at radius 2 is 2.23 bits per heavy atom. The highest BCUT2D eigenvalue weighted by Crippen LogP contribution is 2.24. The number of halogens is 3. The number of nitrogens with one attached hydrogen (secondary N) is 1. The third-order valence-electron chi connectivity index (χ3n) is 1.57. The van der Waals surface area contributed by atoms with Gasteiger partial charge >= 0.3 is 0 Å². The molecule has 0 aliphatic heterocycles. The molecule has 0 spiro atoms. The molecule has 1 aromatic rings. The van der Waals surface area contributed by atoms with E-state index in [0.29, 0.717) is 0 Å². The van der Waals surface area contributed by atoms with Crippen LogP contribution in [0.15, 0.2) is 10.9 Å². The van der Waals surface area contributed by atoms with Crippen LogP contribution in [-0.2, 0) is 6.54 Å². The monoisotopic (exact) mass is 208 g/mol. The van der Waals surface area contributed by atoms with Crippen molar-refractivity contribution in [1.29, 1.82) is 0 Å². The molecule has 3 nitrogen and oxygen atoms in total. The van der Waals surface area contributed by atoms with Gasteiger partial charge in [0.05, 0.1) is 0 Å². The first-order chi connectivity index (χ1) is 6.06. The molecule has 0 atom stereocenters. The van der Waals surface area contributed by atoms with Crippen molar-refractivity contribution in [2.45, 2.75) is 13.0 Å². The normalized spacial score (nSPS) is 10.8. The second-order valence-corrected chi connectivity index (χ2v) is 2.76. The quantitative estimate of drug-likeness (QED) is 0.723. The topological polar surface area (TPSA) is 58.9 Å². The van der Waals surface area contributed by atoms with Gasteiger partial charge in [0.1, 0.15) is 5.15 Å². The van der Waals surface area contributed by atoms with Crippen molar-refractivity contribution in [2.24, 2.45) is 5.73 Å². The van der Waals surface area contributed by atoms with E-state index in [1.165, 1.54) is 0 Å². The number of rotatable bonds is 2. The number of pyridine rings is 1. The summed E-state index contributed by atoms with van der Waals surface area (Å²) in [5.74, 6) is 0. The number of hydrogen-bond donors (Lipinski definition) is 2. The molecule has 0 saturated heterocycles. The van der Waals surface area contributed by atoms with Crippen molar-refractivity contribution in [3.05, 3.63) is 32.7 Å². The lowest BCUT2D eigenvalue weighted by atomic mass is 10.1. The highest BCUT2D eigenvalue weighted by Gasteiger charge is 2.15. The summed E-state index contributed by atoms with van der Waals surface area (Å²) in [7, 11) is 0. The fourth-order valence-corrected chi connectivity index (χ4v) is 1.26. The van der Waals surface area contributed by atoms with Gasteiger partial charge in [-0.05, 0) is 0 Å². The van der Waals surface area contributed by atoms with Crippen molar-refractivity contribution >= 4 is 11.6 Å². The molecule has 6 heteroatoms. The zero-order valence-corrected chi connectivity index (χ0v) is 7.24. The minimum absolute atomic E-state index is 0.0799. The van der Waals surface area contributed by atoms with Gasteiger partial charge in [-0.15, -0.1) is 0 Å². The lowest BCUT2D eigenvalue weighted by Crippen LogP contribution is -2.13. The lowest BCUT2D eigenvalue weighted by Gasteiger charge is -2.07. The zero-order valence-electron chi connectivity index (χ0n) is 6.48. The van der Waals surface area contributed by atoms with E-state index >= 15 is 0 Å². The van der Waals surface area contributed by atoms with Crippen LogP contribution in [0.25, 0.3) is 0 Å². The van der Waals surface area contributed by atoms with E-state index < -0.39 is 17.5 Å². The number of hydrogen-bond acceptors (Lipinski definition) is 2. The molecular weight excluding hydrogens is 202 g/mol. The van der Waals surface area contributed by atoms with Gasteiger partial charge in [-0.3, -0.25) is 4.79 Å². The second kappa shape index (κ2) is 3.85. The lowest BCUT2D eigenvalue weighted by molar-refractivity contribution is 0.150. The molecule has 1 heterocycles. The fourth-order valence-electron chi connectivity index (χ4n) is 0.977. The Kier molecular flexibility index (Phi) is 3.00. The second-order valence-electron chi connectivity index (χ2n) is 2.39. The van der Waals surface area contributed by atoms with Crippen LogP contribution in [-0.4, -0.2) is 4.98 Å². The molecule has 0 aromatic carbocycles. The molecule has 0 amide bonds. The van der Waals surface area contributed by atoms with Crippen LogP contribution in [0.4, 0.5) is 8.78 Å². The number of H-pyrrole nitrogens is 1. The predicted molar refractivity (Wildman–Crippen MR) is 44.9 cm³/mol. The first kappa shape index (κ1) is 10.1. The number of aromatic amines is 1. The van der Waals surface area contributed by atoms with Crippen molar-refractivity contribution < 1.29 is 8.78 Å². The van der Waals surface area contributed by atoms with Gasteiger partial charge in [0.2, 0.25) is 5.56 Å². The van der Waals surface area contributed by atoms with E-state index in [1.807, 2.05) is 0 Å². The smallest absolute Gasteiger partial charge is 0.264 e. The molecular formula is C7H7ClF2N2O. The summed E-state index contributed by atoms with van der Waals surface area (Å²) >= 11 is 5.51. The SMILES string of the molecule is NCc1c(C(F)F)cc(=O)[nH]c1Cl. The average Bonchev–Trinajstić information content (AvgIpc) is 2.02.